The van der Waals surface area contributed by atoms with E-state index in [0.717, 1.165) is 69.8 Å². The Bertz CT molecular complexity index is 2790. The Balaban J connectivity index is 1.39. The fourth-order valence-electron chi connectivity index (χ4n) is 6.91. The summed E-state index contributed by atoms with van der Waals surface area (Å²) in [5, 5.41) is 35.6. The predicted molar refractivity (Wildman–Crippen MR) is 182 cm³/mol. The third kappa shape index (κ3) is 3.45. The van der Waals surface area contributed by atoms with Gasteiger partial charge in [-0.15, -0.1) is 11.3 Å². The number of fused-ring (bicyclic) bond motifs is 10. The Morgan fingerprint density at radius 2 is 1.13 bits per heavy atom. The van der Waals surface area contributed by atoms with Gasteiger partial charge in [0.1, 0.15) is 6.07 Å². The van der Waals surface area contributed by atoms with Gasteiger partial charge in [-0.3, -0.25) is 0 Å². The summed E-state index contributed by atoms with van der Waals surface area (Å²) in [5.74, 6) is 0. The summed E-state index contributed by atoms with van der Waals surface area (Å²) in [7, 11) is 0. The highest BCUT2D eigenvalue weighted by atomic mass is 32.1. The maximum Gasteiger partial charge on any atom is 0.101 e. The van der Waals surface area contributed by atoms with Gasteiger partial charge in [0.05, 0.1) is 55.6 Å². The average molecular weight is 590 g/mol. The second-order valence-electron chi connectivity index (χ2n) is 11.1. The predicted octanol–water partition coefficient (Wildman–Crippen LogP) is 9.86. The summed E-state index contributed by atoms with van der Waals surface area (Å²) >= 11 is 1.67. The fraction of sp³-hybridized carbons (Fsp3) is 0. The van der Waals surface area contributed by atoms with Gasteiger partial charge >= 0.3 is 0 Å². The first-order valence-electron chi connectivity index (χ1n) is 14.5. The highest BCUT2D eigenvalue weighted by Crippen LogP contribution is 2.44. The van der Waals surface area contributed by atoms with Crippen molar-refractivity contribution in [3.8, 4) is 29.6 Å². The van der Waals surface area contributed by atoms with Crippen molar-refractivity contribution in [3.05, 3.63) is 132 Å². The number of hydrogen-bond acceptors (Lipinski definition) is 4. The molecular formula is C39H19N5S. The number of benzene rings is 6. The number of rotatable bonds is 2. The zero-order chi connectivity index (χ0) is 30.2. The van der Waals surface area contributed by atoms with E-state index in [9.17, 15) is 15.8 Å². The van der Waals surface area contributed by atoms with Crippen LogP contribution in [0.25, 0.3) is 75.2 Å². The average Bonchev–Trinajstić information content (AvgIpc) is 3.75. The molecule has 9 rings (SSSR count). The van der Waals surface area contributed by atoms with Crippen LogP contribution in [0, 0.1) is 34.0 Å². The molecule has 0 fully saturated rings. The van der Waals surface area contributed by atoms with Gasteiger partial charge in [-0.1, -0.05) is 42.5 Å². The largest absolute Gasteiger partial charge is 0.309 e. The van der Waals surface area contributed by atoms with Crippen molar-refractivity contribution in [2.24, 2.45) is 0 Å². The lowest BCUT2D eigenvalue weighted by Crippen LogP contribution is -1.99. The molecule has 3 aromatic heterocycles. The van der Waals surface area contributed by atoms with E-state index in [2.05, 4.69) is 94.1 Å². The lowest BCUT2D eigenvalue weighted by atomic mass is 10.1. The molecule has 0 aliphatic heterocycles. The van der Waals surface area contributed by atoms with Crippen molar-refractivity contribution in [2.45, 2.75) is 0 Å². The highest BCUT2D eigenvalue weighted by Gasteiger charge is 2.20. The lowest BCUT2D eigenvalue weighted by Gasteiger charge is -2.13. The summed E-state index contributed by atoms with van der Waals surface area (Å²) in [6, 6.07) is 45.7. The van der Waals surface area contributed by atoms with E-state index in [1.54, 1.807) is 11.3 Å². The van der Waals surface area contributed by atoms with E-state index in [0.29, 0.717) is 16.7 Å². The van der Waals surface area contributed by atoms with Gasteiger partial charge in [0.2, 0.25) is 0 Å². The molecule has 0 amide bonds. The molecule has 6 heteroatoms. The normalized spacial score (nSPS) is 11.5. The van der Waals surface area contributed by atoms with Gasteiger partial charge in [-0.2, -0.15) is 15.8 Å². The van der Waals surface area contributed by atoms with Crippen molar-refractivity contribution < 1.29 is 0 Å². The minimum atomic E-state index is 0.578. The topological polar surface area (TPSA) is 81.2 Å². The van der Waals surface area contributed by atoms with E-state index >= 15 is 0 Å². The first-order chi connectivity index (χ1) is 22.2. The Morgan fingerprint density at radius 3 is 1.84 bits per heavy atom. The third-order valence-corrected chi connectivity index (χ3v) is 9.99. The molecule has 45 heavy (non-hydrogen) atoms. The summed E-state index contributed by atoms with van der Waals surface area (Å²) in [5.41, 5.74) is 7.99. The standard InChI is InChI=1S/C39H19N5S/c40-20-23-11-14-34-31(17-23)32-18-24(21-41)12-15-35(32)43(34)26-6-4-7-27(19-26)44-33-10-2-1-8-28(33)29-13-16-36-37(38(29)44)30-9-3-5-25(22-42)39(30)45-36/h1-19H. The van der Waals surface area contributed by atoms with Gasteiger partial charge in [-0.05, 0) is 72.8 Å². The van der Waals surface area contributed by atoms with Crippen molar-refractivity contribution in [2.75, 3.05) is 0 Å². The van der Waals surface area contributed by atoms with E-state index in [1.165, 1.54) is 5.39 Å². The van der Waals surface area contributed by atoms with Crippen LogP contribution < -0.4 is 0 Å². The molecular weight excluding hydrogens is 571 g/mol. The molecule has 0 saturated heterocycles. The van der Waals surface area contributed by atoms with Gasteiger partial charge in [0, 0.05) is 48.4 Å². The molecule has 5 nitrogen and oxygen atoms in total. The van der Waals surface area contributed by atoms with Gasteiger partial charge < -0.3 is 9.13 Å². The van der Waals surface area contributed by atoms with E-state index in [4.69, 9.17) is 0 Å². The minimum absolute atomic E-state index is 0.578. The van der Waals surface area contributed by atoms with Crippen LogP contribution in [0.5, 0.6) is 0 Å². The van der Waals surface area contributed by atoms with Crippen LogP contribution in [-0.4, -0.2) is 9.13 Å². The van der Waals surface area contributed by atoms with Crippen LogP contribution in [0.15, 0.2) is 115 Å². The molecule has 0 aliphatic rings. The van der Waals surface area contributed by atoms with Crippen LogP contribution in [0.2, 0.25) is 0 Å². The Morgan fingerprint density at radius 1 is 0.489 bits per heavy atom. The van der Waals surface area contributed by atoms with E-state index in [1.807, 2.05) is 48.5 Å². The monoisotopic (exact) mass is 589 g/mol. The van der Waals surface area contributed by atoms with Gasteiger partial charge in [0.25, 0.3) is 0 Å². The van der Waals surface area contributed by atoms with E-state index < -0.39 is 0 Å². The zero-order valence-corrected chi connectivity index (χ0v) is 24.4. The Kier molecular flexibility index (Phi) is 5.20. The maximum absolute atomic E-state index is 9.87. The minimum Gasteiger partial charge on any atom is -0.309 e. The van der Waals surface area contributed by atoms with Crippen molar-refractivity contribution in [1.29, 1.82) is 15.8 Å². The molecule has 0 radical (unpaired) electrons. The SMILES string of the molecule is N#Cc1ccc2c(c1)c1cc(C#N)ccc1n2-c1cccc(-n2c3ccccc3c3ccc4sc5c(C#N)cccc5c4c32)c1. The number of aromatic nitrogens is 2. The molecule has 9 aromatic rings. The summed E-state index contributed by atoms with van der Waals surface area (Å²) < 4.78 is 6.70. The highest BCUT2D eigenvalue weighted by molar-refractivity contribution is 7.26. The molecule has 0 spiro atoms. The molecule has 0 unspecified atom stereocenters. The molecule has 0 atom stereocenters. The summed E-state index contributed by atoms with van der Waals surface area (Å²) in [4.78, 5) is 0. The molecule has 0 N–H and O–H groups in total. The number of hydrogen-bond donors (Lipinski definition) is 0. The Labute approximate surface area is 260 Å². The Hall–Kier alpha value is -6.39. The van der Waals surface area contributed by atoms with Crippen LogP contribution in [0.3, 0.4) is 0 Å². The molecule has 0 aliphatic carbocycles. The third-order valence-electron chi connectivity index (χ3n) is 8.78. The number of nitrogens with zero attached hydrogens (tertiary/aromatic N) is 5. The second kappa shape index (κ2) is 9.30. The lowest BCUT2D eigenvalue weighted by molar-refractivity contribution is 1.14. The first kappa shape index (κ1) is 25.1. The second-order valence-corrected chi connectivity index (χ2v) is 12.2. The zero-order valence-electron chi connectivity index (χ0n) is 23.6. The van der Waals surface area contributed by atoms with Crippen LogP contribution in [-0.2, 0) is 0 Å². The van der Waals surface area contributed by atoms with Crippen molar-refractivity contribution >= 4 is 75.1 Å². The van der Waals surface area contributed by atoms with Crippen LogP contribution in [0.4, 0.5) is 0 Å². The van der Waals surface area contributed by atoms with Gasteiger partial charge in [0.15, 0.2) is 0 Å². The smallest absolute Gasteiger partial charge is 0.101 e. The first-order valence-corrected chi connectivity index (χ1v) is 15.3. The van der Waals surface area contributed by atoms with E-state index in [-0.39, 0.29) is 0 Å². The summed E-state index contributed by atoms with van der Waals surface area (Å²) in [6.45, 7) is 0. The van der Waals surface area contributed by atoms with Crippen molar-refractivity contribution in [3.63, 3.8) is 0 Å². The quantitative estimate of drug-likeness (QED) is 0.201. The number of para-hydroxylation sites is 1. The van der Waals surface area contributed by atoms with Crippen LogP contribution >= 0.6 is 11.3 Å². The molecule has 3 heterocycles. The van der Waals surface area contributed by atoms with Crippen molar-refractivity contribution in [1.82, 2.24) is 9.13 Å². The van der Waals surface area contributed by atoms with Crippen LogP contribution in [0.1, 0.15) is 16.7 Å². The number of nitriles is 3. The van der Waals surface area contributed by atoms with Gasteiger partial charge in [-0.25, -0.2) is 0 Å². The molecule has 6 aromatic carbocycles. The maximum atomic E-state index is 9.87. The fourth-order valence-corrected chi connectivity index (χ4v) is 8.07. The molecule has 206 valence electrons. The molecule has 0 saturated carbocycles. The summed E-state index contributed by atoms with van der Waals surface area (Å²) in [6.07, 6.45) is 0. The number of thiophene rings is 1. The molecule has 0 bridgehead atoms.